The Morgan fingerprint density at radius 3 is 2.77 bits per heavy atom. The maximum absolute atomic E-state index is 12.4. The molecule has 1 aliphatic heterocycles. The van der Waals surface area contributed by atoms with Gasteiger partial charge in [-0.25, -0.2) is 9.51 Å². The molecule has 1 aliphatic carbocycles. The highest BCUT2D eigenvalue weighted by Crippen LogP contribution is 2.29. The number of nitrogens with zero attached hydrogens (tertiary/aromatic N) is 3. The fraction of sp³-hybridized carbons (Fsp3) is 0.400. The van der Waals surface area contributed by atoms with Crippen molar-refractivity contribution in [2.24, 2.45) is 10.8 Å². The van der Waals surface area contributed by atoms with Gasteiger partial charge >= 0.3 is 0 Å². The minimum absolute atomic E-state index is 0.151. The molecule has 3 rings (SSSR count). The lowest BCUT2D eigenvalue weighted by Crippen LogP contribution is -2.41. The van der Waals surface area contributed by atoms with Crippen molar-refractivity contribution in [3.8, 4) is 5.75 Å². The summed E-state index contributed by atoms with van der Waals surface area (Å²) in [6.45, 7) is 0.308. The van der Waals surface area contributed by atoms with Crippen molar-refractivity contribution in [1.29, 1.82) is 0 Å². The third kappa shape index (κ3) is 3.20. The van der Waals surface area contributed by atoms with Gasteiger partial charge in [0.05, 0.1) is 12.4 Å². The average molecular weight is 305 g/mol. The van der Waals surface area contributed by atoms with E-state index in [-0.39, 0.29) is 13.2 Å². The summed E-state index contributed by atoms with van der Waals surface area (Å²) >= 11 is 0. The lowest BCUT2D eigenvalue weighted by molar-refractivity contribution is -0.00887. The zero-order chi connectivity index (χ0) is 15.5. The van der Waals surface area contributed by atoms with E-state index in [1.54, 1.807) is 0 Å². The van der Waals surface area contributed by atoms with E-state index in [2.05, 4.69) is 10.5 Å². The Balaban J connectivity index is 1.63. The van der Waals surface area contributed by atoms with Crippen LogP contribution in [-0.2, 0) is 0 Å². The molecule has 0 atom stereocenters. The fourth-order valence-corrected chi connectivity index (χ4v) is 2.17. The van der Waals surface area contributed by atoms with Crippen LogP contribution in [0.25, 0.3) is 0 Å². The number of amidine groups is 1. The van der Waals surface area contributed by atoms with Gasteiger partial charge in [-0.15, -0.1) is 10.2 Å². The van der Waals surface area contributed by atoms with Crippen molar-refractivity contribution in [3.63, 3.8) is 0 Å². The average Bonchev–Trinajstić information content (AvgIpc) is 3.31. The Bertz CT molecular complexity index is 582. The van der Waals surface area contributed by atoms with Crippen LogP contribution in [-0.4, -0.2) is 42.3 Å². The highest BCUT2D eigenvalue weighted by molar-refractivity contribution is 5.99. The predicted octanol–water partition coefficient (Wildman–Crippen LogP) is 1.37. The predicted molar refractivity (Wildman–Crippen MR) is 82.5 cm³/mol. The summed E-state index contributed by atoms with van der Waals surface area (Å²) in [5.41, 5.74) is 10.0. The highest BCUT2D eigenvalue weighted by atomic mass is 19.1. The van der Waals surface area contributed by atoms with E-state index in [1.807, 2.05) is 41.5 Å². The first-order valence-electron chi connectivity index (χ1n) is 7.31. The fourth-order valence-electron chi connectivity index (χ4n) is 2.17. The summed E-state index contributed by atoms with van der Waals surface area (Å²) in [7, 11) is 1.95. The number of hydrazine groups is 2. The summed E-state index contributed by atoms with van der Waals surface area (Å²) in [5.74, 6) is 1.48. The second-order valence-corrected chi connectivity index (χ2v) is 5.42. The largest absolute Gasteiger partial charge is 0.489 e. The number of halogens is 1. The molecule has 1 fully saturated rings. The van der Waals surface area contributed by atoms with Crippen LogP contribution in [0.4, 0.5) is 4.39 Å². The third-order valence-corrected chi connectivity index (χ3v) is 3.62. The molecule has 118 valence electrons. The van der Waals surface area contributed by atoms with Gasteiger partial charge in [0.1, 0.15) is 12.4 Å². The number of hydrogen-bond acceptors (Lipinski definition) is 6. The zero-order valence-corrected chi connectivity index (χ0v) is 12.5. The molecule has 1 heterocycles. The molecule has 0 bridgehead atoms. The van der Waals surface area contributed by atoms with Crippen molar-refractivity contribution in [1.82, 2.24) is 15.7 Å². The second kappa shape index (κ2) is 6.33. The molecule has 6 nitrogen and oxygen atoms in total. The summed E-state index contributed by atoms with van der Waals surface area (Å²) in [6, 6.07) is 8.04. The first-order chi connectivity index (χ1) is 10.7. The van der Waals surface area contributed by atoms with Crippen LogP contribution in [0.15, 0.2) is 41.3 Å². The Hall–Kier alpha value is -2.12. The van der Waals surface area contributed by atoms with E-state index >= 15 is 0 Å². The molecule has 0 unspecified atom stereocenters. The number of rotatable bonds is 6. The summed E-state index contributed by atoms with van der Waals surface area (Å²) in [5, 5.41) is 8.45. The first kappa shape index (κ1) is 14.8. The summed E-state index contributed by atoms with van der Waals surface area (Å²) in [6.07, 6.45) is 2.86. The maximum Gasteiger partial charge on any atom is 0.170 e. The van der Waals surface area contributed by atoms with Gasteiger partial charge in [0, 0.05) is 24.7 Å². The van der Waals surface area contributed by atoms with E-state index < -0.39 is 0 Å². The molecule has 0 radical (unpaired) electrons. The number of ether oxygens (including phenoxy) is 1. The van der Waals surface area contributed by atoms with Crippen LogP contribution >= 0.6 is 0 Å². The van der Waals surface area contributed by atoms with Crippen LogP contribution in [0.5, 0.6) is 5.75 Å². The minimum Gasteiger partial charge on any atom is -0.489 e. The number of nitrogens with two attached hydrogens (primary N) is 1. The lowest BCUT2D eigenvalue weighted by Gasteiger charge is -2.21. The van der Waals surface area contributed by atoms with E-state index in [4.69, 9.17) is 10.5 Å². The Kier molecular flexibility index (Phi) is 4.26. The van der Waals surface area contributed by atoms with Gasteiger partial charge in [0.15, 0.2) is 5.84 Å². The summed E-state index contributed by atoms with van der Waals surface area (Å²) < 4.78 is 17.9. The molecule has 0 spiro atoms. The molecule has 0 saturated heterocycles. The monoisotopic (exact) mass is 305 g/mol. The SMILES string of the molecule is CN1NC(c2ccc(OC/C(=C/F)CN)cc2)=NN1C1CC1. The molecule has 2 aliphatic rings. The molecule has 7 heteroatoms. The topological polar surface area (TPSA) is 66.1 Å². The third-order valence-electron chi connectivity index (χ3n) is 3.62. The lowest BCUT2D eigenvalue weighted by atomic mass is 10.2. The first-order valence-corrected chi connectivity index (χ1v) is 7.31. The molecular formula is C15H20FN5O. The Morgan fingerprint density at radius 1 is 1.45 bits per heavy atom. The van der Waals surface area contributed by atoms with Gasteiger partial charge in [0.2, 0.25) is 0 Å². The van der Waals surface area contributed by atoms with E-state index in [9.17, 15) is 4.39 Å². The van der Waals surface area contributed by atoms with Crippen molar-refractivity contribution in [2.75, 3.05) is 20.2 Å². The summed E-state index contributed by atoms with van der Waals surface area (Å²) in [4.78, 5) is 0. The Morgan fingerprint density at radius 2 is 2.18 bits per heavy atom. The molecule has 1 aromatic rings. The van der Waals surface area contributed by atoms with Crippen molar-refractivity contribution < 1.29 is 9.13 Å². The van der Waals surface area contributed by atoms with Crippen LogP contribution in [0.2, 0.25) is 0 Å². The number of hydrogen-bond donors (Lipinski definition) is 2. The smallest absolute Gasteiger partial charge is 0.170 e. The van der Waals surface area contributed by atoms with Gasteiger partial charge in [-0.2, -0.15) is 0 Å². The molecule has 22 heavy (non-hydrogen) atoms. The second-order valence-electron chi connectivity index (χ2n) is 5.42. The minimum atomic E-state index is 0.151. The highest BCUT2D eigenvalue weighted by Gasteiger charge is 2.35. The molecule has 3 N–H and O–H groups in total. The molecule has 0 aromatic heterocycles. The van der Waals surface area contributed by atoms with Crippen LogP contribution < -0.4 is 15.9 Å². The molecule has 1 aromatic carbocycles. The molecule has 1 saturated carbocycles. The van der Waals surface area contributed by atoms with Crippen molar-refractivity contribution >= 4 is 5.84 Å². The van der Waals surface area contributed by atoms with E-state index in [0.717, 1.165) is 11.4 Å². The Labute approximate surface area is 129 Å². The normalized spacial score (nSPS) is 19.1. The number of nitrogens with one attached hydrogen (secondary N) is 1. The van der Waals surface area contributed by atoms with Crippen molar-refractivity contribution in [2.45, 2.75) is 18.9 Å². The zero-order valence-electron chi connectivity index (χ0n) is 12.5. The van der Waals surface area contributed by atoms with Crippen molar-refractivity contribution in [3.05, 3.63) is 41.7 Å². The van der Waals surface area contributed by atoms with Gasteiger partial charge in [0.25, 0.3) is 0 Å². The maximum atomic E-state index is 12.4. The quantitative estimate of drug-likeness (QED) is 0.831. The molecule has 0 amide bonds. The van der Waals surface area contributed by atoms with Gasteiger partial charge in [-0.3, -0.25) is 5.43 Å². The van der Waals surface area contributed by atoms with E-state index in [1.165, 1.54) is 12.8 Å². The molecular weight excluding hydrogens is 285 g/mol. The van der Waals surface area contributed by atoms with Crippen LogP contribution in [0.1, 0.15) is 18.4 Å². The standard InChI is InChI=1S/C15H20FN5O/c1-20-18-15(19-21(20)13-4-5-13)12-2-6-14(7-3-12)22-10-11(8-16)9-17/h2-3,6-8,13H,4-5,9-10,17H2,1H3,(H,18,19)/b11-8+. The van der Waals surface area contributed by atoms with Gasteiger partial charge in [-0.05, 0) is 37.1 Å². The number of hydrazone groups is 1. The van der Waals surface area contributed by atoms with Gasteiger partial charge in [-0.1, -0.05) is 0 Å². The van der Waals surface area contributed by atoms with Gasteiger partial charge < -0.3 is 10.5 Å². The number of benzene rings is 1. The van der Waals surface area contributed by atoms with Crippen LogP contribution in [0.3, 0.4) is 0 Å². The van der Waals surface area contributed by atoms with E-state index in [0.29, 0.717) is 23.7 Å². The van der Waals surface area contributed by atoms with Crippen LogP contribution in [0, 0.1) is 0 Å².